The predicted octanol–water partition coefficient (Wildman–Crippen LogP) is 1.46. The molecular formula is C18H18N8O3. The van der Waals surface area contributed by atoms with Crippen molar-refractivity contribution in [3.8, 4) is 11.4 Å². The van der Waals surface area contributed by atoms with E-state index in [1.54, 1.807) is 25.1 Å². The molecule has 0 bridgehead atoms. The molecule has 29 heavy (non-hydrogen) atoms. The minimum absolute atomic E-state index is 0.0661. The molecule has 11 nitrogen and oxygen atoms in total. The highest BCUT2D eigenvalue weighted by atomic mass is 16.6. The molecule has 0 saturated carbocycles. The monoisotopic (exact) mass is 394 g/mol. The lowest BCUT2D eigenvalue weighted by Crippen LogP contribution is -2.24. The highest BCUT2D eigenvalue weighted by Crippen LogP contribution is 2.22. The zero-order chi connectivity index (χ0) is 20.8. The summed E-state index contributed by atoms with van der Waals surface area (Å²) in [5.41, 5.74) is 4.30. The predicted molar refractivity (Wildman–Crippen MR) is 106 cm³/mol. The first kappa shape index (κ1) is 19.6. The molecule has 1 N–H and O–H groups in total. The lowest BCUT2D eigenvalue weighted by atomic mass is 10.1. The summed E-state index contributed by atoms with van der Waals surface area (Å²) in [5.74, 6) is -0.0517. The SMILES string of the molecule is CN(C)c1ccc([N+](=O)[O-])cc1/C=N\NC(=O)Cn1nnc(-c2ccccc2)n1. The summed E-state index contributed by atoms with van der Waals surface area (Å²) in [5, 5.41) is 26.8. The maximum absolute atomic E-state index is 12.1. The summed E-state index contributed by atoms with van der Waals surface area (Å²) < 4.78 is 0. The number of hydrogen-bond donors (Lipinski definition) is 1. The highest BCUT2D eigenvalue weighted by Gasteiger charge is 2.12. The summed E-state index contributed by atoms with van der Waals surface area (Å²) in [6, 6.07) is 13.7. The van der Waals surface area contributed by atoms with Crippen LogP contribution in [0.5, 0.6) is 0 Å². The Morgan fingerprint density at radius 2 is 2.03 bits per heavy atom. The minimum Gasteiger partial charge on any atom is -0.377 e. The number of hydrazone groups is 1. The number of anilines is 1. The topological polar surface area (TPSA) is 131 Å². The Balaban J connectivity index is 1.65. The highest BCUT2D eigenvalue weighted by molar-refractivity contribution is 5.90. The fraction of sp³-hybridized carbons (Fsp3) is 0.167. The van der Waals surface area contributed by atoms with Gasteiger partial charge >= 0.3 is 0 Å². The van der Waals surface area contributed by atoms with Crippen molar-refractivity contribution >= 4 is 23.5 Å². The van der Waals surface area contributed by atoms with Gasteiger partial charge in [0.05, 0.1) is 11.1 Å². The fourth-order valence-electron chi connectivity index (χ4n) is 2.52. The smallest absolute Gasteiger partial charge is 0.270 e. The molecule has 0 aliphatic carbocycles. The van der Waals surface area contributed by atoms with Crippen molar-refractivity contribution < 1.29 is 9.72 Å². The molecule has 2 aromatic carbocycles. The number of hydrogen-bond acceptors (Lipinski definition) is 8. The number of nitrogens with zero attached hydrogens (tertiary/aromatic N) is 7. The molecule has 0 fully saturated rings. The van der Waals surface area contributed by atoms with Crippen molar-refractivity contribution in [2.75, 3.05) is 19.0 Å². The molecule has 148 valence electrons. The number of rotatable bonds is 7. The summed E-state index contributed by atoms with van der Waals surface area (Å²) in [6.07, 6.45) is 1.35. The van der Waals surface area contributed by atoms with Crippen molar-refractivity contribution in [1.29, 1.82) is 0 Å². The van der Waals surface area contributed by atoms with E-state index in [4.69, 9.17) is 0 Å². The molecular weight excluding hydrogens is 376 g/mol. The third kappa shape index (κ3) is 4.97. The zero-order valence-electron chi connectivity index (χ0n) is 15.8. The Morgan fingerprint density at radius 3 is 2.72 bits per heavy atom. The Hall–Kier alpha value is -4.15. The molecule has 1 aromatic heterocycles. The van der Waals surface area contributed by atoms with E-state index in [1.165, 1.54) is 18.3 Å². The summed E-state index contributed by atoms with van der Waals surface area (Å²) in [7, 11) is 3.61. The second-order valence-electron chi connectivity index (χ2n) is 6.20. The summed E-state index contributed by atoms with van der Waals surface area (Å²) in [4.78, 5) is 25.5. The number of aromatic nitrogens is 4. The number of carbonyl (C=O) groups is 1. The zero-order valence-corrected chi connectivity index (χ0v) is 15.8. The summed E-state index contributed by atoms with van der Waals surface area (Å²) in [6.45, 7) is -0.174. The van der Waals surface area contributed by atoms with E-state index >= 15 is 0 Å². The maximum atomic E-state index is 12.1. The Kier molecular flexibility index (Phi) is 5.88. The number of benzene rings is 2. The van der Waals surface area contributed by atoms with Gasteiger partial charge in [0.1, 0.15) is 6.54 Å². The first-order valence-electron chi connectivity index (χ1n) is 8.55. The molecule has 0 aliphatic heterocycles. The van der Waals surface area contributed by atoms with Gasteiger partial charge in [-0.2, -0.15) is 9.90 Å². The first-order chi connectivity index (χ1) is 13.9. The third-order valence-corrected chi connectivity index (χ3v) is 3.87. The Bertz CT molecular complexity index is 1050. The van der Waals surface area contributed by atoms with Gasteiger partial charge in [0.25, 0.3) is 11.6 Å². The number of tetrazole rings is 1. The molecule has 11 heteroatoms. The van der Waals surface area contributed by atoms with Crippen LogP contribution in [-0.2, 0) is 11.3 Å². The van der Waals surface area contributed by atoms with Gasteiger partial charge in [0, 0.05) is 43.0 Å². The van der Waals surface area contributed by atoms with Crippen LogP contribution in [0.1, 0.15) is 5.56 Å². The van der Waals surface area contributed by atoms with Crippen LogP contribution in [0.3, 0.4) is 0 Å². The average molecular weight is 394 g/mol. The number of carbonyl (C=O) groups excluding carboxylic acids is 1. The van der Waals surface area contributed by atoms with Gasteiger partial charge in [0.15, 0.2) is 0 Å². The molecule has 3 aromatic rings. The van der Waals surface area contributed by atoms with Crippen molar-refractivity contribution in [2.24, 2.45) is 5.10 Å². The molecule has 0 saturated heterocycles. The van der Waals surface area contributed by atoms with Gasteiger partial charge in [0.2, 0.25) is 5.82 Å². The van der Waals surface area contributed by atoms with E-state index in [2.05, 4.69) is 25.9 Å². The summed E-state index contributed by atoms with van der Waals surface area (Å²) >= 11 is 0. The van der Waals surface area contributed by atoms with Crippen molar-refractivity contribution in [3.63, 3.8) is 0 Å². The van der Waals surface area contributed by atoms with Crippen molar-refractivity contribution in [3.05, 3.63) is 64.2 Å². The Labute approximate surface area is 165 Å². The second kappa shape index (κ2) is 8.69. The number of nitro benzene ring substituents is 1. The van der Waals surface area contributed by atoms with Crippen molar-refractivity contribution in [2.45, 2.75) is 6.54 Å². The maximum Gasteiger partial charge on any atom is 0.270 e. The van der Waals surface area contributed by atoms with Crippen LogP contribution in [0.15, 0.2) is 53.6 Å². The van der Waals surface area contributed by atoms with Gasteiger partial charge < -0.3 is 4.90 Å². The molecule has 0 atom stereocenters. The van der Waals surface area contributed by atoms with E-state index in [0.717, 1.165) is 16.0 Å². The molecule has 0 spiro atoms. The van der Waals surface area contributed by atoms with E-state index < -0.39 is 10.8 Å². The van der Waals surface area contributed by atoms with Crippen LogP contribution < -0.4 is 10.3 Å². The number of non-ortho nitro benzene ring substituents is 1. The van der Waals surface area contributed by atoms with Crippen LogP contribution in [0.2, 0.25) is 0 Å². The quantitative estimate of drug-likeness (QED) is 0.364. The standard InChI is InChI=1S/C18H18N8O3/c1-24(2)16-9-8-15(26(28)29)10-14(16)11-19-20-17(27)12-25-22-18(21-23-25)13-6-4-3-5-7-13/h3-11H,12H2,1-2H3,(H,20,27)/b19-11-. The Morgan fingerprint density at radius 1 is 1.28 bits per heavy atom. The molecule has 0 aliphatic rings. The van der Waals surface area contributed by atoms with E-state index in [0.29, 0.717) is 11.4 Å². The molecule has 1 amide bonds. The lowest BCUT2D eigenvalue weighted by Gasteiger charge is -2.14. The van der Waals surface area contributed by atoms with Crippen LogP contribution in [0.4, 0.5) is 11.4 Å². The van der Waals surface area contributed by atoms with Crippen LogP contribution in [0.25, 0.3) is 11.4 Å². The number of amides is 1. The van der Waals surface area contributed by atoms with Crippen LogP contribution >= 0.6 is 0 Å². The molecule has 1 heterocycles. The minimum atomic E-state index is -0.490. The van der Waals surface area contributed by atoms with Crippen LogP contribution in [-0.4, -0.2) is 51.3 Å². The van der Waals surface area contributed by atoms with Gasteiger partial charge in [-0.25, -0.2) is 5.43 Å². The second-order valence-corrected chi connectivity index (χ2v) is 6.20. The molecule has 0 unspecified atom stereocenters. The normalized spacial score (nSPS) is 10.8. The molecule has 3 rings (SSSR count). The fourth-order valence-corrected chi connectivity index (χ4v) is 2.52. The van der Waals surface area contributed by atoms with E-state index in [1.807, 2.05) is 30.3 Å². The van der Waals surface area contributed by atoms with E-state index in [9.17, 15) is 14.9 Å². The largest absolute Gasteiger partial charge is 0.377 e. The number of nitro groups is 1. The first-order valence-corrected chi connectivity index (χ1v) is 8.55. The number of nitrogens with one attached hydrogen (secondary N) is 1. The van der Waals surface area contributed by atoms with Gasteiger partial charge in [-0.05, 0) is 11.3 Å². The average Bonchev–Trinajstić information content (AvgIpc) is 3.16. The van der Waals surface area contributed by atoms with Crippen LogP contribution in [0, 0.1) is 10.1 Å². The molecule has 0 radical (unpaired) electrons. The van der Waals surface area contributed by atoms with Gasteiger partial charge in [-0.3, -0.25) is 14.9 Å². The van der Waals surface area contributed by atoms with Gasteiger partial charge in [-0.15, -0.1) is 10.2 Å². The van der Waals surface area contributed by atoms with Gasteiger partial charge in [-0.1, -0.05) is 30.3 Å². The van der Waals surface area contributed by atoms with Crippen molar-refractivity contribution in [1.82, 2.24) is 25.6 Å². The van der Waals surface area contributed by atoms with E-state index in [-0.39, 0.29) is 12.2 Å². The lowest BCUT2D eigenvalue weighted by molar-refractivity contribution is -0.384. The third-order valence-electron chi connectivity index (χ3n) is 3.87.